The van der Waals surface area contributed by atoms with Crippen LogP contribution in [0.2, 0.25) is 5.02 Å². The van der Waals surface area contributed by atoms with Crippen LogP contribution >= 0.6 is 11.6 Å². The average molecular weight is 536 g/mol. The molecule has 0 unspecified atom stereocenters. The molecule has 0 spiro atoms. The minimum atomic E-state index is -0.817. The molecule has 1 N–H and O–H groups in total. The van der Waals surface area contributed by atoms with Gasteiger partial charge in [-0.3, -0.25) is 9.47 Å². The number of aromatic nitrogens is 2. The van der Waals surface area contributed by atoms with Crippen molar-refractivity contribution in [3.05, 3.63) is 105 Å². The van der Waals surface area contributed by atoms with Gasteiger partial charge in [-0.25, -0.2) is 18.6 Å². The Morgan fingerprint density at radius 1 is 1.16 bits per heavy atom. The molecule has 1 aliphatic heterocycles. The summed E-state index contributed by atoms with van der Waals surface area (Å²) in [5, 5.41) is 12.5. The fourth-order valence-corrected chi connectivity index (χ4v) is 4.80. The molecule has 0 atom stereocenters. The maximum Gasteiger partial charge on any atom is 0.326 e. The largest absolute Gasteiger partial charge is 0.333 e. The van der Waals surface area contributed by atoms with E-state index in [1.54, 1.807) is 34.9 Å². The Labute approximate surface area is 221 Å². The summed E-state index contributed by atoms with van der Waals surface area (Å²) >= 11 is 5.55. The Hall–Kier alpha value is -4.13. The summed E-state index contributed by atoms with van der Waals surface area (Å²) in [5.74, 6) is -2.25. The van der Waals surface area contributed by atoms with E-state index < -0.39 is 22.6 Å². The van der Waals surface area contributed by atoms with Crippen LogP contribution in [0.5, 0.6) is 0 Å². The number of rotatable bonds is 5. The van der Waals surface area contributed by atoms with E-state index in [0.717, 1.165) is 16.6 Å². The lowest BCUT2D eigenvalue weighted by Crippen LogP contribution is -2.34. The lowest BCUT2D eigenvalue weighted by atomic mass is 10.0. The van der Waals surface area contributed by atoms with Crippen molar-refractivity contribution in [2.24, 2.45) is 0 Å². The van der Waals surface area contributed by atoms with E-state index in [2.05, 4.69) is 21.3 Å². The van der Waals surface area contributed by atoms with E-state index in [1.165, 1.54) is 24.4 Å². The highest BCUT2D eigenvalue weighted by Gasteiger charge is 2.26. The van der Waals surface area contributed by atoms with E-state index in [-0.39, 0.29) is 12.6 Å². The Balaban J connectivity index is 1.39. The number of nitrogens with zero attached hydrogens (tertiary/aromatic N) is 4. The number of carbonyl (C=O) groups is 1. The molecular formula is C28H21ClF3N5O. The number of nitrogens with one attached hydrogen (secondary N) is 1. The summed E-state index contributed by atoms with van der Waals surface area (Å²) in [6.45, 7) is 1.80. The maximum absolute atomic E-state index is 13.7. The molecule has 1 aliphatic rings. The lowest BCUT2D eigenvalue weighted by molar-refractivity contribution is 0.240. The molecule has 1 amide bonds. The first kappa shape index (κ1) is 25.5. The van der Waals surface area contributed by atoms with Crippen molar-refractivity contribution in [3.63, 3.8) is 0 Å². The molecule has 3 heterocycles. The first-order valence-corrected chi connectivity index (χ1v) is 12.2. The van der Waals surface area contributed by atoms with Gasteiger partial charge in [0.25, 0.3) is 0 Å². The van der Waals surface area contributed by atoms with Gasteiger partial charge in [0.1, 0.15) is 16.7 Å². The first-order valence-electron chi connectivity index (χ1n) is 11.8. The third-order valence-electron chi connectivity index (χ3n) is 6.47. The summed E-state index contributed by atoms with van der Waals surface area (Å²) in [6.07, 6.45) is 5.36. The number of benzene rings is 2. The van der Waals surface area contributed by atoms with Gasteiger partial charge in [-0.05, 0) is 59.2 Å². The van der Waals surface area contributed by atoms with Crippen molar-refractivity contribution in [2.45, 2.75) is 19.5 Å². The molecule has 0 fully saturated rings. The summed E-state index contributed by atoms with van der Waals surface area (Å²) in [6, 6.07) is 12.2. The van der Waals surface area contributed by atoms with Gasteiger partial charge in [-0.1, -0.05) is 23.8 Å². The summed E-state index contributed by atoms with van der Waals surface area (Å²) in [5.41, 5.74) is 3.89. The van der Waals surface area contributed by atoms with Crippen molar-refractivity contribution in [3.8, 4) is 6.07 Å². The van der Waals surface area contributed by atoms with Crippen LogP contribution in [-0.2, 0) is 19.5 Å². The van der Waals surface area contributed by atoms with E-state index in [1.807, 2.05) is 6.08 Å². The van der Waals surface area contributed by atoms with Crippen LogP contribution in [-0.4, -0.2) is 33.6 Å². The summed E-state index contributed by atoms with van der Waals surface area (Å²) < 4.78 is 42.5. The van der Waals surface area contributed by atoms with Crippen LogP contribution in [0.4, 0.5) is 18.0 Å². The molecule has 10 heteroatoms. The van der Waals surface area contributed by atoms with Crippen LogP contribution < -0.4 is 5.32 Å². The topological polar surface area (TPSA) is 74.0 Å². The number of halogens is 4. The number of amides is 1. The molecule has 2 aromatic carbocycles. The standard InChI is InChI=1S/C28H21ClF3N5O/c29-27-22(30)11-17(12-23(27)31)2-1-8-36-9-6-25-21(16-36)20-10-18(14-33)3-4-24(20)37(25)28(38)35-15-19-5-7-34-26(32)13-19/h1-5,7,10-13H,6,8-9,15-16H2,(H,35,38). The van der Waals surface area contributed by atoms with Crippen LogP contribution in [0.3, 0.4) is 0 Å². The fraction of sp³-hybridized carbons (Fsp3) is 0.179. The minimum absolute atomic E-state index is 0.131. The van der Waals surface area contributed by atoms with Crippen molar-refractivity contribution in [2.75, 3.05) is 13.1 Å². The van der Waals surface area contributed by atoms with Gasteiger partial charge >= 0.3 is 6.03 Å². The minimum Gasteiger partial charge on any atom is -0.333 e. The Morgan fingerprint density at radius 2 is 1.95 bits per heavy atom. The van der Waals surface area contributed by atoms with Gasteiger partial charge < -0.3 is 5.32 Å². The number of carbonyl (C=O) groups excluding carboxylic acids is 1. The lowest BCUT2D eigenvalue weighted by Gasteiger charge is -2.27. The monoisotopic (exact) mass is 535 g/mol. The number of hydrogen-bond acceptors (Lipinski definition) is 4. The molecule has 192 valence electrons. The Kier molecular flexibility index (Phi) is 7.18. The van der Waals surface area contributed by atoms with E-state index >= 15 is 0 Å². The average Bonchev–Trinajstić information content (AvgIpc) is 3.23. The molecule has 0 aliphatic carbocycles. The number of hydrogen-bond donors (Lipinski definition) is 1. The number of pyridine rings is 1. The first-order chi connectivity index (χ1) is 18.3. The van der Waals surface area contributed by atoms with Gasteiger partial charge in [0, 0.05) is 49.9 Å². The Morgan fingerprint density at radius 3 is 2.68 bits per heavy atom. The van der Waals surface area contributed by atoms with E-state index in [0.29, 0.717) is 48.3 Å². The van der Waals surface area contributed by atoms with Crippen molar-refractivity contribution in [1.82, 2.24) is 19.8 Å². The summed E-state index contributed by atoms with van der Waals surface area (Å²) in [4.78, 5) is 18.9. The van der Waals surface area contributed by atoms with Crippen molar-refractivity contribution in [1.29, 1.82) is 5.26 Å². The zero-order valence-electron chi connectivity index (χ0n) is 20.0. The molecule has 0 bridgehead atoms. The Bertz CT molecular complexity index is 1600. The quantitative estimate of drug-likeness (QED) is 0.259. The van der Waals surface area contributed by atoms with Crippen LogP contribution in [0, 0.1) is 28.9 Å². The highest BCUT2D eigenvalue weighted by atomic mass is 35.5. The smallest absolute Gasteiger partial charge is 0.326 e. The summed E-state index contributed by atoms with van der Waals surface area (Å²) in [7, 11) is 0. The highest BCUT2D eigenvalue weighted by molar-refractivity contribution is 6.30. The third-order valence-corrected chi connectivity index (χ3v) is 6.84. The molecule has 38 heavy (non-hydrogen) atoms. The van der Waals surface area contributed by atoms with Crippen LogP contribution in [0.1, 0.15) is 27.9 Å². The maximum atomic E-state index is 13.7. The molecule has 4 aromatic rings. The van der Waals surface area contributed by atoms with Crippen LogP contribution in [0.25, 0.3) is 17.0 Å². The predicted octanol–water partition coefficient (Wildman–Crippen LogP) is 5.81. The second-order valence-corrected chi connectivity index (χ2v) is 9.31. The van der Waals surface area contributed by atoms with Gasteiger partial charge in [-0.15, -0.1) is 0 Å². The zero-order valence-corrected chi connectivity index (χ0v) is 20.8. The van der Waals surface area contributed by atoms with Crippen LogP contribution in [0.15, 0.2) is 54.7 Å². The van der Waals surface area contributed by atoms with Gasteiger partial charge in [0.15, 0.2) is 0 Å². The SMILES string of the molecule is N#Cc1ccc2c(c1)c1c(n2C(=O)NCc2ccnc(F)c2)CCN(CC=Cc2cc(F)c(Cl)c(F)c2)C1. The molecule has 2 aromatic heterocycles. The molecule has 0 radical (unpaired) electrons. The number of fused-ring (bicyclic) bond motifs is 3. The van der Waals surface area contributed by atoms with Gasteiger partial charge in [0.05, 0.1) is 17.1 Å². The van der Waals surface area contributed by atoms with Gasteiger partial charge in [0.2, 0.25) is 5.95 Å². The normalized spacial score (nSPS) is 13.6. The van der Waals surface area contributed by atoms with Gasteiger partial charge in [-0.2, -0.15) is 9.65 Å². The second kappa shape index (κ2) is 10.7. The van der Waals surface area contributed by atoms with Crippen molar-refractivity contribution >= 4 is 34.6 Å². The van der Waals surface area contributed by atoms with Crippen molar-refractivity contribution < 1.29 is 18.0 Å². The zero-order chi connectivity index (χ0) is 26.8. The predicted molar refractivity (Wildman–Crippen MR) is 138 cm³/mol. The molecule has 5 rings (SSSR count). The van der Waals surface area contributed by atoms with E-state index in [4.69, 9.17) is 11.6 Å². The fourth-order valence-electron chi connectivity index (χ4n) is 4.69. The number of nitriles is 1. The molecule has 0 saturated carbocycles. The molecular weight excluding hydrogens is 515 g/mol. The second-order valence-electron chi connectivity index (χ2n) is 8.94. The molecule has 6 nitrogen and oxygen atoms in total. The third kappa shape index (κ3) is 5.14. The van der Waals surface area contributed by atoms with E-state index in [9.17, 15) is 23.2 Å². The highest BCUT2D eigenvalue weighted by Crippen LogP contribution is 2.32. The molecule has 0 saturated heterocycles.